The first kappa shape index (κ1) is 30.6. The molecule has 43 heavy (non-hydrogen) atoms. The van der Waals surface area contributed by atoms with E-state index in [1.165, 1.54) is 18.1 Å². The van der Waals surface area contributed by atoms with Crippen LogP contribution < -0.4 is 20.1 Å². The van der Waals surface area contributed by atoms with Crippen LogP contribution in [0, 0.1) is 11.3 Å². The summed E-state index contributed by atoms with van der Waals surface area (Å²) in [6.07, 6.45) is 0. The molecule has 0 bridgehead atoms. The van der Waals surface area contributed by atoms with Crippen LogP contribution in [-0.4, -0.2) is 59.4 Å². The van der Waals surface area contributed by atoms with Gasteiger partial charge in [-0.15, -0.1) is 0 Å². The van der Waals surface area contributed by atoms with Crippen LogP contribution in [0.2, 0.25) is 0 Å². The van der Waals surface area contributed by atoms with Crippen LogP contribution in [0.3, 0.4) is 0 Å². The molecule has 0 unspecified atom stereocenters. The molecule has 0 aliphatic heterocycles. The number of nitrogens with one attached hydrogen (secondary N) is 3. The Labute approximate surface area is 251 Å². The molecule has 0 aromatic heterocycles. The van der Waals surface area contributed by atoms with Gasteiger partial charge in [0.25, 0.3) is 21.8 Å². The molecule has 0 aliphatic rings. The van der Waals surface area contributed by atoms with E-state index in [-0.39, 0.29) is 29.0 Å². The van der Waals surface area contributed by atoms with Crippen molar-refractivity contribution in [2.75, 3.05) is 44.3 Å². The number of ether oxygens (including phenoxy) is 1. The standard InChI is InChI=1S/C32H31N5O5S/c1-37(2)32(39)24-10-6-9-22(18-24)23-14-15-29(42-3)30(19-23)43(40,41)36-27-12-7-11-26(20-27)34-16-17-35-31(38)28-13-5-4-8-25(28)21-33/h4-15,18-20,34,36H,16-17H2,1-3H3,(H,35,38). The Morgan fingerprint density at radius 1 is 0.860 bits per heavy atom. The average Bonchev–Trinajstić information content (AvgIpc) is 3.02. The highest BCUT2D eigenvalue weighted by molar-refractivity contribution is 7.92. The number of benzene rings is 4. The lowest BCUT2D eigenvalue weighted by Crippen LogP contribution is -2.29. The van der Waals surface area contributed by atoms with Gasteiger partial charge in [-0.3, -0.25) is 14.3 Å². The minimum atomic E-state index is -4.08. The first-order chi connectivity index (χ1) is 20.6. The van der Waals surface area contributed by atoms with Gasteiger partial charge in [-0.2, -0.15) is 5.26 Å². The Morgan fingerprint density at radius 2 is 1.58 bits per heavy atom. The Bertz CT molecular complexity index is 1800. The number of hydrogen-bond donors (Lipinski definition) is 3. The zero-order valence-corrected chi connectivity index (χ0v) is 24.7. The first-order valence-electron chi connectivity index (χ1n) is 13.3. The number of carbonyl (C=O) groups excluding carboxylic acids is 2. The van der Waals surface area contributed by atoms with Gasteiger partial charge in [0.15, 0.2) is 0 Å². The molecule has 3 N–H and O–H groups in total. The molecule has 4 rings (SSSR count). The van der Waals surface area contributed by atoms with Gasteiger partial charge in [-0.05, 0) is 65.7 Å². The molecule has 0 saturated heterocycles. The van der Waals surface area contributed by atoms with E-state index in [1.807, 2.05) is 6.07 Å². The Balaban J connectivity index is 1.46. The second-order valence-corrected chi connectivity index (χ2v) is 11.3. The molecular weight excluding hydrogens is 566 g/mol. The van der Waals surface area contributed by atoms with E-state index in [9.17, 15) is 23.3 Å². The van der Waals surface area contributed by atoms with Crippen molar-refractivity contribution in [3.05, 3.63) is 108 Å². The summed E-state index contributed by atoms with van der Waals surface area (Å²) in [5.41, 5.74) is 3.32. The van der Waals surface area contributed by atoms with Crippen LogP contribution in [0.4, 0.5) is 11.4 Å². The molecule has 11 heteroatoms. The fourth-order valence-corrected chi connectivity index (χ4v) is 5.56. The van der Waals surface area contributed by atoms with E-state index >= 15 is 0 Å². The van der Waals surface area contributed by atoms with Crippen LogP contribution in [0.25, 0.3) is 11.1 Å². The Hall–Kier alpha value is -5.34. The molecule has 4 aromatic rings. The minimum Gasteiger partial charge on any atom is -0.495 e. The number of carbonyl (C=O) groups is 2. The fourth-order valence-electron chi connectivity index (χ4n) is 4.32. The predicted molar refractivity (Wildman–Crippen MR) is 166 cm³/mol. The number of nitrogens with zero attached hydrogens (tertiary/aromatic N) is 2. The SMILES string of the molecule is COc1ccc(-c2cccc(C(=O)N(C)C)c2)cc1S(=O)(=O)Nc1cccc(NCCNC(=O)c2ccccc2C#N)c1. The van der Waals surface area contributed by atoms with Crippen molar-refractivity contribution in [2.24, 2.45) is 0 Å². The van der Waals surface area contributed by atoms with Crippen molar-refractivity contribution in [3.8, 4) is 22.9 Å². The van der Waals surface area contributed by atoms with Gasteiger partial charge in [0.05, 0.1) is 30.0 Å². The quantitative estimate of drug-likeness (QED) is 0.215. The molecule has 0 fully saturated rings. The smallest absolute Gasteiger partial charge is 0.265 e. The van der Waals surface area contributed by atoms with Gasteiger partial charge >= 0.3 is 0 Å². The Morgan fingerprint density at radius 3 is 2.33 bits per heavy atom. The van der Waals surface area contributed by atoms with E-state index < -0.39 is 10.0 Å². The summed E-state index contributed by atoms with van der Waals surface area (Å²) >= 11 is 0. The van der Waals surface area contributed by atoms with E-state index in [0.29, 0.717) is 45.7 Å². The van der Waals surface area contributed by atoms with Crippen molar-refractivity contribution in [3.63, 3.8) is 0 Å². The lowest BCUT2D eigenvalue weighted by molar-refractivity contribution is 0.0827. The maximum Gasteiger partial charge on any atom is 0.265 e. The van der Waals surface area contributed by atoms with Crippen molar-refractivity contribution < 1.29 is 22.7 Å². The molecule has 0 saturated carbocycles. The van der Waals surface area contributed by atoms with Crippen molar-refractivity contribution in [2.45, 2.75) is 4.90 Å². The molecule has 2 amide bonds. The van der Waals surface area contributed by atoms with E-state index in [1.54, 1.807) is 99.0 Å². The van der Waals surface area contributed by atoms with Gasteiger partial charge in [-0.1, -0.05) is 36.4 Å². The van der Waals surface area contributed by atoms with E-state index in [2.05, 4.69) is 15.4 Å². The summed E-state index contributed by atoms with van der Waals surface area (Å²) in [7, 11) is 0.649. The zero-order chi connectivity index (χ0) is 31.0. The predicted octanol–water partition coefficient (Wildman–Crippen LogP) is 4.58. The maximum atomic E-state index is 13.5. The van der Waals surface area contributed by atoms with Gasteiger partial charge in [0.1, 0.15) is 10.6 Å². The number of rotatable bonds is 11. The van der Waals surface area contributed by atoms with Crippen molar-refractivity contribution >= 4 is 33.2 Å². The van der Waals surface area contributed by atoms with Crippen LogP contribution in [0.1, 0.15) is 26.3 Å². The number of hydrogen-bond acceptors (Lipinski definition) is 7. The van der Waals surface area contributed by atoms with Gasteiger partial charge in [0.2, 0.25) is 0 Å². The normalized spacial score (nSPS) is 10.7. The maximum absolute atomic E-state index is 13.5. The number of sulfonamides is 1. The lowest BCUT2D eigenvalue weighted by Gasteiger charge is -2.15. The summed E-state index contributed by atoms with van der Waals surface area (Å²) in [4.78, 5) is 26.3. The van der Waals surface area contributed by atoms with Gasteiger partial charge in [-0.25, -0.2) is 8.42 Å². The zero-order valence-electron chi connectivity index (χ0n) is 23.9. The highest BCUT2D eigenvalue weighted by Gasteiger charge is 2.21. The van der Waals surface area contributed by atoms with Crippen molar-refractivity contribution in [1.29, 1.82) is 5.26 Å². The molecule has 220 valence electrons. The molecule has 4 aromatic carbocycles. The third-order valence-electron chi connectivity index (χ3n) is 6.45. The van der Waals surface area contributed by atoms with E-state index in [0.717, 1.165) is 0 Å². The van der Waals surface area contributed by atoms with Gasteiger partial charge in [0, 0.05) is 38.4 Å². The first-order valence-corrected chi connectivity index (χ1v) is 14.8. The lowest BCUT2D eigenvalue weighted by atomic mass is 10.0. The summed E-state index contributed by atoms with van der Waals surface area (Å²) < 4.78 is 35.0. The topological polar surface area (TPSA) is 141 Å². The van der Waals surface area contributed by atoms with Crippen LogP contribution in [0.5, 0.6) is 5.75 Å². The molecule has 0 radical (unpaired) electrons. The average molecular weight is 598 g/mol. The number of amides is 2. The molecule has 0 aliphatic carbocycles. The monoisotopic (exact) mass is 597 g/mol. The summed E-state index contributed by atoms with van der Waals surface area (Å²) in [5, 5.41) is 15.1. The van der Waals surface area contributed by atoms with Gasteiger partial charge < -0.3 is 20.3 Å². The Kier molecular flexibility index (Phi) is 9.65. The van der Waals surface area contributed by atoms with Crippen LogP contribution >= 0.6 is 0 Å². The molecule has 0 atom stereocenters. The molecule has 0 heterocycles. The number of methoxy groups -OCH3 is 1. The number of anilines is 2. The van der Waals surface area contributed by atoms with Crippen LogP contribution in [-0.2, 0) is 10.0 Å². The summed E-state index contributed by atoms with van der Waals surface area (Å²) in [6.45, 7) is 0.641. The molecule has 0 spiro atoms. The highest BCUT2D eigenvalue weighted by Crippen LogP contribution is 2.32. The molecule has 10 nitrogen and oxygen atoms in total. The highest BCUT2D eigenvalue weighted by atomic mass is 32.2. The largest absolute Gasteiger partial charge is 0.495 e. The fraction of sp³-hybridized carbons (Fsp3) is 0.156. The second-order valence-electron chi connectivity index (χ2n) is 9.67. The molecular formula is C32H31N5O5S. The summed E-state index contributed by atoms with van der Waals surface area (Å²) in [5.74, 6) is -0.350. The van der Waals surface area contributed by atoms with Crippen LogP contribution in [0.15, 0.2) is 95.9 Å². The number of nitriles is 1. The third-order valence-corrected chi connectivity index (χ3v) is 7.85. The van der Waals surface area contributed by atoms with Crippen molar-refractivity contribution in [1.82, 2.24) is 10.2 Å². The minimum absolute atomic E-state index is 0.0597. The van der Waals surface area contributed by atoms with E-state index in [4.69, 9.17) is 4.74 Å². The summed E-state index contributed by atoms with van der Waals surface area (Å²) in [6, 6.07) is 27.1. The third kappa shape index (κ3) is 7.49. The second kappa shape index (κ2) is 13.5.